The van der Waals surface area contributed by atoms with Crippen molar-refractivity contribution < 1.29 is 9.94 Å². The number of aryl methyl sites for hydroxylation is 1. The number of benzene rings is 1. The molecule has 9 nitrogen and oxygen atoms in total. The minimum absolute atomic E-state index is 0.133. The molecule has 1 aromatic carbocycles. The number of rotatable bonds is 13. The van der Waals surface area contributed by atoms with Gasteiger partial charge >= 0.3 is 0 Å². The quantitative estimate of drug-likeness (QED) is 0.213. The molecule has 0 aliphatic carbocycles. The van der Waals surface area contributed by atoms with Crippen LogP contribution in [0.5, 0.6) is 0 Å². The van der Waals surface area contributed by atoms with Gasteiger partial charge in [0.1, 0.15) is 16.5 Å². The number of halogens is 2. The highest BCUT2D eigenvalue weighted by Crippen LogP contribution is 2.29. The molecule has 1 fully saturated rings. The molecule has 0 amide bonds. The Morgan fingerprint density at radius 2 is 1.74 bits per heavy atom. The summed E-state index contributed by atoms with van der Waals surface area (Å²) in [7, 11) is 0. The Bertz CT molecular complexity index is 1150. The molecule has 3 N–H and O–H groups in total. The fourth-order valence-corrected chi connectivity index (χ4v) is 4.70. The minimum atomic E-state index is -0.133. The Kier molecular flexibility index (Phi) is 11.1. The van der Waals surface area contributed by atoms with Crippen LogP contribution >= 0.6 is 23.2 Å². The predicted molar refractivity (Wildman–Crippen MR) is 151 cm³/mol. The number of β-amino-alcohol motifs (C(OH)–C–C–N with tert-alkyl or cyclic N) is 1. The van der Waals surface area contributed by atoms with Gasteiger partial charge in [0.15, 0.2) is 5.82 Å². The lowest BCUT2D eigenvalue weighted by Crippen LogP contribution is -2.47. The van der Waals surface area contributed by atoms with Gasteiger partial charge in [-0.1, -0.05) is 53.5 Å². The maximum absolute atomic E-state index is 9.11. The third-order valence-corrected chi connectivity index (χ3v) is 7.25. The number of nitrogens with one attached hydrogen (secondary N) is 2. The SMILES string of the molecule is Cc1nc(-c2ncccc2Cl)nc(NC[C@H](NOCCCN2CCN(CCO)CC2)c2ccccc2)c1Cl. The van der Waals surface area contributed by atoms with Crippen LogP contribution in [0.4, 0.5) is 5.82 Å². The van der Waals surface area contributed by atoms with Gasteiger partial charge in [-0.25, -0.2) is 9.97 Å². The zero-order chi connectivity index (χ0) is 26.7. The first kappa shape index (κ1) is 28.6. The second-order valence-electron chi connectivity index (χ2n) is 9.20. The Balaban J connectivity index is 1.33. The molecule has 3 aromatic rings. The van der Waals surface area contributed by atoms with E-state index >= 15 is 0 Å². The van der Waals surface area contributed by atoms with Crippen molar-refractivity contribution in [3.05, 3.63) is 70.0 Å². The van der Waals surface area contributed by atoms with Crippen LogP contribution in [0, 0.1) is 6.92 Å². The van der Waals surface area contributed by atoms with Gasteiger partial charge in [0.2, 0.25) is 0 Å². The van der Waals surface area contributed by atoms with Gasteiger partial charge in [0.05, 0.1) is 30.0 Å². The summed E-state index contributed by atoms with van der Waals surface area (Å²) in [5, 5.41) is 13.4. The first-order chi connectivity index (χ1) is 18.5. The summed E-state index contributed by atoms with van der Waals surface area (Å²) >= 11 is 12.9. The molecule has 0 bridgehead atoms. The summed E-state index contributed by atoms with van der Waals surface area (Å²) in [5.41, 5.74) is 5.44. The van der Waals surface area contributed by atoms with Crippen molar-refractivity contribution in [1.82, 2.24) is 30.2 Å². The molecule has 0 unspecified atom stereocenters. The second-order valence-corrected chi connectivity index (χ2v) is 9.99. The van der Waals surface area contributed by atoms with Crippen LogP contribution in [-0.4, -0.2) is 88.9 Å². The molecule has 1 atom stereocenters. The van der Waals surface area contributed by atoms with E-state index in [-0.39, 0.29) is 12.6 Å². The average molecular weight is 561 g/mol. The third kappa shape index (κ3) is 8.07. The lowest BCUT2D eigenvalue weighted by molar-refractivity contribution is 0.0109. The number of aromatic nitrogens is 3. The third-order valence-electron chi connectivity index (χ3n) is 6.49. The number of aliphatic hydroxyl groups is 1. The maximum atomic E-state index is 9.11. The van der Waals surface area contributed by atoms with Crippen LogP contribution in [0.25, 0.3) is 11.5 Å². The molecular weight excluding hydrogens is 525 g/mol. The zero-order valence-electron chi connectivity index (χ0n) is 21.6. The molecule has 38 heavy (non-hydrogen) atoms. The Morgan fingerprint density at radius 1 is 1.00 bits per heavy atom. The first-order valence-corrected chi connectivity index (χ1v) is 13.7. The number of hydrogen-bond acceptors (Lipinski definition) is 9. The normalized spacial score (nSPS) is 15.5. The summed E-state index contributed by atoms with van der Waals surface area (Å²) in [6.45, 7) is 8.92. The van der Waals surface area contributed by atoms with E-state index in [0.29, 0.717) is 46.2 Å². The molecule has 1 saturated heterocycles. The van der Waals surface area contributed by atoms with Crippen LogP contribution in [0.2, 0.25) is 10.0 Å². The smallest absolute Gasteiger partial charge is 0.182 e. The van der Waals surface area contributed by atoms with Crippen molar-refractivity contribution in [3.8, 4) is 11.5 Å². The first-order valence-electron chi connectivity index (χ1n) is 12.9. The Hall–Kier alpha value is -2.37. The monoisotopic (exact) mass is 559 g/mol. The molecule has 0 spiro atoms. The van der Waals surface area contributed by atoms with Crippen molar-refractivity contribution in [1.29, 1.82) is 0 Å². The molecule has 1 aliphatic rings. The largest absolute Gasteiger partial charge is 0.395 e. The molecule has 2 aromatic heterocycles. The van der Waals surface area contributed by atoms with Crippen molar-refractivity contribution in [2.45, 2.75) is 19.4 Å². The van der Waals surface area contributed by atoms with Gasteiger partial charge in [-0.3, -0.25) is 9.88 Å². The summed E-state index contributed by atoms with van der Waals surface area (Å²) < 4.78 is 0. The highest BCUT2D eigenvalue weighted by atomic mass is 35.5. The number of anilines is 1. The Labute approximate surface area is 234 Å². The number of nitrogens with zero attached hydrogens (tertiary/aromatic N) is 5. The van der Waals surface area contributed by atoms with Gasteiger partial charge in [-0.15, -0.1) is 0 Å². The summed E-state index contributed by atoms with van der Waals surface area (Å²) in [4.78, 5) is 24.1. The van der Waals surface area contributed by atoms with Crippen LogP contribution in [0.1, 0.15) is 23.7 Å². The van der Waals surface area contributed by atoms with Gasteiger partial charge in [0, 0.05) is 52.0 Å². The Morgan fingerprint density at radius 3 is 2.45 bits per heavy atom. The topological polar surface area (TPSA) is 98.7 Å². The van der Waals surface area contributed by atoms with Crippen LogP contribution in [0.3, 0.4) is 0 Å². The van der Waals surface area contributed by atoms with Crippen molar-refractivity contribution >= 4 is 29.0 Å². The lowest BCUT2D eigenvalue weighted by atomic mass is 10.1. The number of aliphatic hydroxyl groups excluding tert-OH is 1. The van der Waals surface area contributed by atoms with Crippen molar-refractivity contribution in [3.63, 3.8) is 0 Å². The minimum Gasteiger partial charge on any atom is -0.395 e. The molecule has 0 radical (unpaired) electrons. The summed E-state index contributed by atoms with van der Waals surface area (Å²) in [5.74, 6) is 0.927. The van der Waals surface area contributed by atoms with Gasteiger partial charge in [-0.05, 0) is 31.0 Å². The lowest BCUT2D eigenvalue weighted by Gasteiger charge is -2.34. The second kappa shape index (κ2) is 14.7. The van der Waals surface area contributed by atoms with E-state index in [1.54, 1.807) is 18.3 Å². The molecule has 3 heterocycles. The van der Waals surface area contributed by atoms with E-state index in [9.17, 15) is 0 Å². The fourth-order valence-electron chi connectivity index (χ4n) is 4.34. The van der Waals surface area contributed by atoms with Gasteiger partial charge in [0.25, 0.3) is 0 Å². The van der Waals surface area contributed by atoms with Gasteiger partial charge < -0.3 is 20.2 Å². The maximum Gasteiger partial charge on any atom is 0.182 e. The van der Waals surface area contributed by atoms with Gasteiger partial charge in [-0.2, -0.15) is 5.48 Å². The highest BCUT2D eigenvalue weighted by molar-refractivity contribution is 6.34. The molecule has 4 rings (SSSR count). The number of piperazine rings is 1. The van der Waals surface area contributed by atoms with E-state index < -0.39 is 0 Å². The molecule has 11 heteroatoms. The predicted octanol–water partition coefficient (Wildman–Crippen LogP) is 3.83. The van der Waals surface area contributed by atoms with E-state index in [0.717, 1.165) is 51.3 Å². The summed E-state index contributed by atoms with van der Waals surface area (Å²) in [6, 6.07) is 13.5. The highest BCUT2D eigenvalue weighted by Gasteiger charge is 2.18. The van der Waals surface area contributed by atoms with Crippen molar-refractivity contribution in [2.24, 2.45) is 0 Å². The molecule has 204 valence electrons. The number of hydroxylamine groups is 1. The molecule has 1 aliphatic heterocycles. The standard InChI is InChI=1S/C27H35Cl2N7O2/c1-20-24(29)26(33-27(32-20)25-22(28)9-5-10-30-25)31-19-23(21-7-3-2-4-8-21)34-38-18-6-11-35-12-14-36(15-13-35)16-17-37/h2-5,7-10,23,34,37H,6,11-19H2,1H3,(H,31,32,33)/t23-/m0/s1. The number of hydrogen-bond donors (Lipinski definition) is 3. The van der Waals surface area contributed by atoms with Crippen LogP contribution in [0.15, 0.2) is 48.7 Å². The molecule has 0 saturated carbocycles. The average Bonchev–Trinajstić information content (AvgIpc) is 2.94. The van der Waals surface area contributed by atoms with E-state index in [2.05, 4.69) is 47.7 Å². The zero-order valence-corrected chi connectivity index (χ0v) is 23.1. The van der Waals surface area contributed by atoms with Crippen molar-refractivity contribution in [2.75, 3.05) is 64.3 Å². The van der Waals surface area contributed by atoms with E-state index in [1.165, 1.54) is 0 Å². The van der Waals surface area contributed by atoms with E-state index in [4.69, 9.17) is 33.1 Å². The van der Waals surface area contributed by atoms with E-state index in [1.807, 2.05) is 25.1 Å². The van der Waals surface area contributed by atoms with Crippen LogP contribution in [-0.2, 0) is 4.84 Å². The fraction of sp³-hybridized carbons (Fsp3) is 0.444. The molecular formula is C27H35Cl2N7O2. The van der Waals surface area contributed by atoms with Crippen LogP contribution < -0.4 is 10.8 Å². The number of pyridine rings is 1. The summed E-state index contributed by atoms with van der Waals surface area (Å²) in [6.07, 6.45) is 2.58.